The van der Waals surface area contributed by atoms with Gasteiger partial charge in [-0.05, 0) is 182 Å². The van der Waals surface area contributed by atoms with Crippen LogP contribution >= 0.6 is 11.3 Å². The summed E-state index contributed by atoms with van der Waals surface area (Å²) in [5.74, 6) is 1.56. The summed E-state index contributed by atoms with van der Waals surface area (Å²) in [4.78, 5) is 0. The largest absolute Gasteiger partial charge is 0.457 e. The molecule has 0 unspecified atom stereocenters. The van der Waals surface area contributed by atoms with Crippen LogP contribution in [0.5, 0.6) is 11.5 Å². The highest BCUT2D eigenvalue weighted by Gasteiger charge is 2.20. The van der Waals surface area contributed by atoms with Crippen molar-refractivity contribution in [3.63, 3.8) is 0 Å². The first-order valence-corrected chi connectivity index (χ1v) is 30.8. The summed E-state index contributed by atoms with van der Waals surface area (Å²) in [6, 6.07) is 119. The van der Waals surface area contributed by atoms with Gasteiger partial charge in [-0.1, -0.05) is 218 Å². The van der Waals surface area contributed by atoms with Crippen LogP contribution in [-0.4, -0.2) is 9.13 Å². The van der Waals surface area contributed by atoms with E-state index in [0.717, 1.165) is 78.1 Å². The maximum absolute atomic E-state index is 7.10. The molecule has 0 amide bonds. The first kappa shape index (κ1) is 51.1. The molecule has 0 spiro atoms. The number of para-hydroxylation sites is 3. The lowest BCUT2D eigenvalue weighted by molar-refractivity contribution is 0.485. The van der Waals surface area contributed by atoms with E-state index in [1.807, 2.05) is 11.3 Å². The third kappa shape index (κ3) is 8.88. The predicted molar refractivity (Wildman–Crippen MR) is 373 cm³/mol. The first-order chi connectivity index (χ1) is 43.6. The Labute approximate surface area is 514 Å². The molecule has 0 radical (unpaired) electrons. The first-order valence-electron chi connectivity index (χ1n) is 30.0. The second-order valence-electron chi connectivity index (χ2n) is 22.7. The standard InChI is InChI=1S/C84H54N2OS/c1-4-19-56(20-5-1)67-27-10-11-29-69(67)63-22-18-21-58(49-63)55-35-37-57(38-36-55)68-28-12-13-30-70(68)71-31-14-16-33-82(71)87-66-43-47-81-76(54-66)75-52-60(40-46-80(75)86(81)65-25-8-3-9-26-65)59-39-44-78-73(50-59)74-51-61(41-45-79(74)85(78)64-23-6-2-7-24-64)62-42-48-84-77(53-62)72-32-15-17-34-83(72)88-84/h1-54H. The summed E-state index contributed by atoms with van der Waals surface area (Å²) in [6.45, 7) is 0. The zero-order chi connectivity index (χ0) is 58.1. The topological polar surface area (TPSA) is 19.1 Å². The fourth-order valence-electron chi connectivity index (χ4n) is 13.4. The molecule has 4 heteroatoms. The molecule has 0 fully saturated rings. The quantitative estimate of drug-likeness (QED) is 0.126. The summed E-state index contributed by atoms with van der Waals surface area (Å²) in [5, 5.41) is 7.31. The van der Waals surface area contributed by atoms with Gasteiger partial charge in [-0.25, -0.2) is 0 Å². The Bertz CT molecular complexity index is 5520. The van der Waals surface area contributed by atoms with Crippen LogP contribution in [0.25, 0.3) is 153 Å². The lowest BCUT2D eigenvalue weighted by Crippen LogP contribution is -1.93. The molecule has 3 aromatic heterocycles. The summed E-state index contributed by atoms with van der Waals surface area (Å²) >= 11 is 1.86. The molecule has 412 valence electrons. The van der Waals surface area contributed by atoms with Gasteiger partial charge in [-0.15, -0.1) is 11.3 Å². The minimum atomic E-state index is 0.769. The summed E-state index contributed by atoms with van der Waals surface area (Å²) in [7, 11) is 0. The van der Waals surface area contributed by atoms with E-state index in [-0.39, 0.29) is 0 Å². The van der Waals surface area contributed by atoms with Crippen LogP contribution in [0.3, 0.4) is 0 Å². The molecule has 3 nitrogen and oxygen atoms in total. The monoisotopic (exact) mass is 1140 g/mol. The Morgan fingerprint density at radius 2 is 0.602 bits per heavy atom. The number of thiophene rings is 1. The van der Waals surface area contributed by atoms with E-state index in [1.54, 1.807) is 0 Å². The van der Waals surface area contributed by atoms with Crippen LogP contribution in [0, 0.1) is 0 Å². The van der Waals surface area contributed by atoms with Crippen molar-refractivity contribution in [3.8, 4) is 101 Å². The van der Waals surface area contributed by atoms with Gasteiger partial charge in [0.25, 0.3) is 0 Å². The third-order valence-corrected chi connectivity index (χ3v) is 18.8. The fourth-order valence-corrected chi connectivity index (χ4v) is 14.5. The van der Waals surface area contributed by atoms with E-state index in [1.165, 1.54) is 86.5 Å². The minimum absolute atomic E-state index is 0.769. The lowest BCUT2D eigenvalue weighted by atomic mass is 9.91. The molecule has 14 aromatic carbocycles. The number of rotatable bonds is 11. The van der Waals surface area contributed by atoms with Gasteiger partial charge in [-0.3, -0.25) is 0 Å². The second kappa shape index (κ2) is 21.3. The van der Waals surface area contributed by atoms with Crippen LogP contribution in [0.1, 0.15) is 0 Å². The molecule has 0 saturated heterocycles. The van der Waals surface area contributed by atoms with Gasteiger partial charge in [-0.2, -0.15) is 0 Å². The van der Waals surface area contributed by atoms with E-state index >= 15 is 0 Å². The van der Waals surface area contributed by atoms with Crippen LogP contribution < -0.4 is 4.74 Å². The number of hydrogen-bond acceptors (Lipinski definition) is 2. The van der Waals surface area contributed by atoms with Crippen molar-refractivity contribution < 1.29 is 4.74 Å². The summed E-state index contributed by atoms with van der Waals surface area (Å²) in [5.41, 5.74) is 23.1. The SMILES string of the molecule is c1ccc(-c2ccccc2-c2cccc(-c3ccc(-c4ccccc4-c4ccccc4Oc4ccc5c(c4)c4cc(-c6ccc7c(c6)c6cc(-c8ccc9sc%10ccccc%10c9c8)ccc6n7-c6ccccc6)ccc4n5-c4ccccc4)cc3)c2)cc1. The molecular weight excluding hydrogens is 1090 g/mol. The number of aromatic nitrogens is 2. The minimum Gasteiger partial charge on any atom is -0.457 e. The Hall–Kier alpha value is -11.3. The van der Waals surface area contributed by atoms with Gasteiger partial charge >= 0.3 is 0 Å². The van der Waals surface area contributed by atoms with E-state index < -0.39 is 0 Å². The van der Waals surface area contributed by atoms with Gasteiger partial charge in [0.2, 0.25) is 0 Å². The second-order valence-corrected chi connectivity index (χ2v) is 23.8. The Morgan fingerprint density at radius 3 is 1.22 bits per heavy atom. The number of nitrogens with zero attached hydrogens (tertiary/aromatic N) is 2. The molecule has 88 heavy (non-hydrogen) atoms. The van der Waals surface area contributed by atoms with Gasteiger partial charge in [0.1, 0.15) is 11.5 Å². The van der Waals surface area contributed by atoms with Crippen LogP contribution in [0.15, 0.2) is 328 Å². The summed E-state index contributed by atoms with van der Waals surface area (Å²) in [6.07, 6.45) is 0. The van der Waals surface area contributed by atoms with E-state index in [4.69, 9.17) is 4.74 Å². The summed E-state index contributed by atoms with van der Waals surface area (Å²) < 4.78 is 14.5. The molecular formula is C84H54N2OS. The average molecular weight is 1140 g/mol. The van der Waals surface area contributed by atoms with E-state index in [9.17, 15) is 0 Å². The van der Waals surface area contributed by atoms with Crippen LogP contribution in [0.4, 0.5) is 0 Å². The third-order valence-electron chi connectivity index (χ3n) is 17.6. The van der Waals surface area contributed by atoms with Crippen molar-refractivity contribution >= 4 is 75.1 Å². The Morgan fingerprint density at radius 1 is 0.216 bits per heavy atom. The highest BCUT2D eigenvalue weighted by Crippen LogP contribution is 2.45. The van der Waals surface area contributed by atoms with Gasteiger partial charge in [0.15, 0.2) is 0 Å². The molecule has 0 atom stereocenters. The van der Waals surface area contributed by atoms with Crippen molar-refractivity contribution in [2.45, 2.75) is 0 Å². The zero-order valence-corrected chi connectivity index (χ0v) is 48.7. The number of fused-ring (bicyclic) bond motifs is 9. The molecule has 17 aromatic rings. The zero-order valence-electron chi connectivity index (χ0n) is 47.9. The number of hydrogen-bond donors (Lipinski definition) is 0. The normalized spacial score (nSPS) is 11.6. The highest BCUT2D eigenvalue weighted by molar-refractivity contribution is 7.25. The highest BCUT2D eigenvalue weighted by atomic mass is 32.1. The predicted octanol–water partition coefficient (Wildman–Crippen LogP) is 23.7. The average Bonchev–Trinajstić information content (AvgIpc) is 2.27. The molecule has 0 bridgehead atoms. The molecule has 17 rings (SSSR count). The molecule has 0 N–H and O–H groups in total. The van der Waals surface area contributed by atoms with Gasteiger partial charge < -0.3 is 13.9 Å². The van der Waals surface area contributed by atoms with Crippen molar-refractivity contribution in [2.24, 2.45) is 0 Å². The molecule has 0 aliphatic carbocycles. The smallest absolute Gasteiger partial charge is 0.135 e. The van der Waals surface area contributed by atoms with E-state index in [0.29, 0.717) is 0 Å². The van der Waals surface area contributed by atoms with E-state index in [2.05, 4.69) is 337 Å². The van der Waals surface area contributed by atoms with Crippen molar-refractivity contribution in [1.82, 2.24) is 9.13 Å². The lowest BCUT2D eigenvalue weighted by Gasteiger charge is -2.16. The number of benzene rings is 14. The maximum Gasteiger partial charge on any atom is 0.135 e. The van der Waals surface area contributed by atoms with Gasteiger partial charge in [0, 0.05) is 58.7 Å². The number of ether oxygens (including phenoxy) is 1. The molecule has 0 aliphatic heterocycles. The Kier molecular flexibility index (Phi) is 12.4. The van der Waals surface area contributed by atoms with Crippen LogP contribution in [-0.2, 0) is 0 Å². The molecule has 0 saturated carbocycles. The maximum atomic E-state index is 7.10. The van der Waals surface area contributed by atoms with Crippen LogP contribution in [0.2, 0.25) is 0 Å². The Balaban J connectivity index is 0.731. The molecule has 0 aliphatic rings. The van der Waals surface area contributed by atoms with Crippen molar-refractivity contribution in [3.05, 3.63) is 328 Å². The molecule has 3 heterocycles. The van der Waals surface area contributed by atoms with Crippen molar-refractivity contribution in [1.29, 1.82) is 0 Å². The van der Waals surface area contributed by atoms with Gasteiger partial charge in [0.05, 0.1) is 22.1 Å². The van der Waals surface area contributed by atoms with Crippen molar-refractivity contribution in [2.75, 3.05) is 0 Å². The fraction of sp³-hybridized carbons (Fsp3) is 0.